The number of nitro groups is 1. The molecule has 8 nitrogen and oxygen atoms in total. The molecule has 1 atom stereocenters. The minimum atomic E-state index is -0.499. The number of carbonyl (C=O) groups excluding carboxylic acids is 2. The van der Waals surface area contributed by atoms with Crippen molar-refractivity contribution in [3.63, 3.8) is 0 Å². The monoisotopic (exact) mass is 424 g/mol. The van der Waals surface area contributed by atoms with Gasteiger partial charge in [-0.05, 0) is 12.5 Å². The van der Waals surface area contributed by atoms with Gasteiger partial charge < -0.3 is 10.6 Å². The summed E-state index contributed by atoms with van der Waals surface area (Å²) in [5.41, 5.74) is 2.83. The summed E-state index contributed by atoms with van der Waals surface area (Å²) in [6.07, 6.45) is -0.109. The van der Waals surface area contributed by atoms with Crippen molar-refractivity contribution in [2.75, 3.05) is 5.32 Å². The number of amides is 2. The Balaban J connectivity index is 1.66. The number of rotatable bonds is 7. The number of aromatic nitrogens is 1. The van der Waals surface area contributed by atoms with Crippen molar-refractivity contribution in [2.24, 2.45) is 0 Å². The van der Waals surface area contributed by atoms with Gasteiger partial charge in [0.2, 0.25) is 11.8 Å². The van der Waals surface area contributed by atoms with Gasteiger partial charge in [0.15, 0.2) is 5.13 Å². The first-order valence-electron chi connectivity index (χ1n) is 9.18. The summed E-state index contributed by atoms with van der Waals surface area (Å²) in [5.74, 6) is -0.461. The fourth-order valence-electron chi connectivity index (χ4n) is 2.97. The van der Waals surface area contributed by atoms with Crippen molar-refractivity contribution in [1.29, 1.82) is 0 Å². The molecule has 9 heteroatoms. The first kappa shape index (κ1) is 21.1. The van der Waals surface area contributed by atoms with Crippen LogP contribution in [0.4, 0.5) is 10.8 Å². The Bertz CT molecular complexity index is 1080. The van der Waals surface area contributed by atoms with Gasteiger partial charge in [0.05, 0.1) is 23.1 Å². The van der Waals surface area contributed by atoms with E-state index in [0.717, 1.165) is 11.1 Å². The van der Waals surface area contributed by atoms with Crippen LogP contribution in [0.3, 0.4) is 0 Å². The Kier molecular flexibility index (Phi) is 6.53. The van der Waals surface area contributed by atoms with Gasteiger partial charge in [-0.3, -0.25) is 19.7 Å². The molecule has 0 bridgehead atoms. The molecule has 0 spiro atoms. The van der Waals surface area contributed by atoms with Gasteiger partial charge in [-0.2, -0.15) is 0 Å². The number of nitrogens with zero attached hydrogens (tertiary/aromatic N) is 2. The van der Waals surface area contributed by atoms with Crippen LogP contribution in [0.5, 0.6) is 0 Å². The zero-order valence-corrected chi connectivity index (χ0v) is 17.2. The second-order valence-electron chi connectivity index (χ2n) is 6.69. The van der Waals surface area contributed by atoms with Gasteiger partial charge in [-0.25, -0.2) is 4.98 Å². The molecular formula is C21H20N4O4S. The summed E-state index contributed by atoms with van der Waals surface area (Å²) in [6.45, 7) is 3.38. The molecule has 0 aliphatic rings. The molecule has 0 saturated carbocycles. The third-order valence-electron chi connectivity index (χ3n) is 4.42. The molecule has 3 rings (SSSR count). The van der Waals surface area contributed by atoms with Gasteiger partial charge in [-0.15, -0.1) is 11.3 Å². The summed E-state index contributed by atoms with van der Waals surface area (Å²) >= 11 is 1.28. The molecule has 0 aliphatic heterocycles. The summed E-state index contributed by atoms with van der Waals surface area (Å²) < 4.78 is 0. The second kappa shape index (κ2) is 9.27. The van der Waals surface area contributed by atoms with Gasteiger partial charge in [0.25, 0.3) is 5.69 Å². The van der Waals surface area contributed by atoms with Crippen LogP contribution >= 0.6 is 11.3 Å². The number of benzene rings is 2. The van der Waals surface area contributed by atoms with E-state index in [-0.39, 0.29) is 30.0 Å². The lowest BCUT2D eigenvalue weighted by Gasteiger charge is -2.13. The van der Waals surface area contributed by atoms with E-state index in [2.05, 4.69) is 15.6 Å². The zero-order valence-electron chi connectivity index (χ0n) is 16.4. The molecule has 0 aliphatic carbocycles. The number of nitro benzene ring substituents is 1. The summed E-state index contributed by atoms with van der Waals surface area (Å²) in [7, 11) is 0. The SMILES string of the molecule is CC(=O)NC(C)c1ccc(-c2csc(NC(=O)Cc3ccccc3[N+](=O)[O-])n2)cc1. The number of carbonyl (C=O) groups is 2. The standard InChI is InChI=1S/C21H20N4O4S/c1-13(22-14(2)26)15-7-9-16(10-8-15)18-12-30-21(23-18)24-20(27)11-17-5-3-4-6-19(17)25(28)29/h3-10,12-13H,11H2,1-2H3,(H,22,26)(H,23,24,27). The van der Waals surface area contributed by atoms with Gasteiger partial charge in [0, 0.05) is 29.5 Å². The molecule has 0 radical (unpaired) electrons. The maximum Gasteiger partial charge on any atom is 0.273 e. The molecule has 0 saturated heterocycles. The minimum absolute atomic E-state index is 0.0824. The van der Waals surface area contributed by atoms with Crippen LogP contribution in [-0.4, -0.2) is 21.7 Å². The van der Waals surface area contributed by atoms with Crippen LogP contribution in [0.25, 0.3) is 11.3 Å². The van der Waals surface area contributed by atoms with Crippen LogP contribution in [0.15, 0.2) is 53.9 Å². The Morgan fingerprint density at radius 2 is 1.87 bits per heavy atom. The average Bonchev–Trinajstić information content (AvgIpc) is 3.16. The van der Waals surface area contributed by atoms with Crippen LogP contribution in [-0.2, 0) is 16.0 Å². The van der Waals surface area contributed by atoms with Gasteiger partial charge in [0.1, 0.15) is 0 Å². The number of hydrogen-bond acceptors (Lipinski definition) is 6. The van der Waals surface area contributed by atoms with E-state index in [1.165, 1.54) is 24.3 Å². The number of nitrogens with one attached hydrogen (secondary N) is 2. The number of hydrogen-bond donors (Lipinski definition) is 2. The Labute approximate surface area is 177 Å². The molecule has 2 aromatic carbocycles. The highest BCUT2D eigenvalue weighted by Crippen LogP contribution is 2.27. The fourth-order valence-corrected chi connectivity index (χ4v) is 3.71. The highest BCUT2D eigenvalue weighted by Gasteiger charge is 2.16. The van der Waals surface area contributed by atoms with Crippen LogP contribution in [0.1, 0.15) is 31.0 Å². The highest BCUT2D eigenvalue weighted by atomic mass is 32.1. The molecule has 1 aromatic heterocycles. The largest absolute Gasteiger partial charge is 0.350 e. The van der Waals surface area contributed by atoms with Crippen LogP contribution in [0.2, 0.25) is 0 Å². The quantitative estimate of drug-likeness (QED) is 0.438. The normalized spacial score (nSPS) is 11.5. The first-order chi connectivity index (χ1) is 14.3. The average molecular weight is 424 g/mol. The van der Waals surface area contributed by atoms with Crippen LogP contribution in [0, 0.1) is 10.1 Å². The van der Waals surface area contributed by atoms with Gasteiger partial charge in [-0.1, -0.05) is 42.5 Å². The molecule has 2 amide bonds. The molecule has 154 valence electrons. The lowest BCUT2D eigenvalue weighted by Crippen LogP contribution is -2.23. The van der Waals surface area contributed by atoms with Crippen molar-refractivity contribution < 1.29 is 14.5 Å². The van der Waals surface area contributed by atoms with Crippen molar-refractivity contribution in [1.82, 2.24) is 10.3 Å². The summed E-state index contributed by atoms with van der Waals surface area (Å²) in [5, 5.41) is 18.9. The zero-order chi connectivity index (χ0) is 21.7. The second-order valence-corrected chi connectivity index (χ2v) is 7.55. The summed E-state index contributed by atoms with van der Waals surface area (Å²) in [6, 6.07) is 13.7. The highest BCUT2D eigenvalue weighted by molar-refractivity contribution is 7.14. The first-order valence-corrected chi connectivity index (χ1v) is 10.1. The minimum Gasteiger partial charge on any atom is -0.350 e. The van der Waals surface area contributed by atoms with E-state index in [4.69, 9.17) is 0 Å². The Hall–Kier alpha value is -3.59. The Morgan fingerprint density at radius 1 is 1.17 bits per heavy atom. The third-order valence-corrected chi connectivity index (χ3v) is 5.17. The van der Waals surface area contributed by atoms with Crippen molar-refractivity contribution >= 4 is 34.0 Å². The van der Waals surface area contributed by atoms with E-state index in [1.54, 1.807) is 18.2 Å². The maximum absolute atomic E-state index is 12.3. The molecule has 3 aromatic rings. The van der Waals surface area contributed by atoms with E-state index >= 15 is 0 Å². The molecule has 1 unspecified atom stereocenters. The molecule has 2 N–H and O–H groups in total. The van der Waals surface area contributed by atoms with E-state index < -0.39 is 4.92 Å². The van der Waals surface area contributed by atoms with E-state index in [9.17, 15) is 19.7 Å². The van der Waals surface area contributed by atoms with E-state index in [0.29, 0.717) is 16.4 Å². The fraction of sp³-hybridized carbons (Fsp3) is 0.190. The smallest absolute Gasteiger partial charge is 0.273 e. The van der Waals surface area contributed by atoms with Crippen molar-refractivity contribution in [3.8, 4) is 11.3 Å². The summed E-state index contributed by atoms with van der Waals surface area (Å²) in [4.78, 5) is 38.5. The number of thiazole rings is 1. The lowest BCUT2D eigenvalue weighted by molar-refractivity contribution is -0.385. The molecule has 0 fully saturated rings. The van der Waals surface area contributed by atoms with Crippen molar-refractivity contribution in [3.05, 3.63) is 75.2 Å². The molecular weight excluding hydrogens is 404 g/mol. The molecule has 30 heavy (non-hydrogen) atoms. The van der Waals surface area contributed by atoms with Crippen molar-refractivity contribution in [2.45, 2.75) is 26.3 Å². The van der Waals surface area contributed by atoms with Gasteiger partial charge >= 0.3 is 0 Å². The van der Waals surface area contributed by atoms with Crippen LogP contribution < -0.4 is 10.6 Å². The lowest BCUT2D eigenvalue weighted by atomic mass is 10.1. The number of para-hydroxylation sites is 1. The predicted octanol–water partition coefficient (Wildman–Crippen LogP) is 4.10. The van der Waals surface area contributed by atoms with E-state index in [1.807, 2.05) is 36.6 Å². The topological polar surface area (TPSA) is 114 Å². The maximum atomic E-state index is 12.3. The number of anilines is 1. The third kappa shape index (κ3) is 5.26. The Morgan fingerprint density at radius 3 is 2.53 bits per heavy atom. The predicted molar refractivity (Wildman–Crippen MR) is 115 cm³/mol. The molecule has 1 heterocycles.